The topological polar surface area (TPSA) is 119 Å². The minimum atomic E-state index is -0.690. The Morgan fingerprint density at radius 1 is 1.18 bits per heavy atom. The first-order valence-corrected chi connectivity index (χ1v) is 6.73. The zero-order chi connectivity index (χ0) is 15.9. The molecule has 2 aromatic rings. The Labute approximate surface area is 127 Å². The van der Waals surface area contributed by atoms with Gasteiger partial charge in [-0.05, 0) is 0 Å². The fourth-order valence-corrected chi connectivity index (χ4v) is 1.71. The van der Waals surface area contributed by atoms with E-state index in [9.17, 15) is 4.79 Å². The van der Waals surface area contributed by atoms with Gasteiger partial charge in [0.2, 0.25) is 5.88 Å². The Morgan fingerprint density at radius 3 is 2.45 bits per heavy atom. The standard InChI is InChI=1S/C15H17N3O4/c16-14(21)12-6-13(22-9-10(7-19)8-20)18-15(17-12)11-4-2-1-3-5-11/h1-6,10,19-20H,7-9H2,(H2,16,21). The van der Waals surface area contributed by atoms with Crippen LogP contribution in [0.2, 0.25) is 0 Å². The smallest absolute Gasteiger partial charge is 0.267 e. The van der Waals surface area contributed by atoms with Gasteiger partial charge in [-0.1, -0.05) is 30.3 Å². The highest BCUT2D eigenvalue weighted by Crippen LogP contribution is 2.19. The summed E-state index contributed by atoms with van der Waals surface area (Å²) in [5.74, 6) is -0.636. The van der Waals surface area contributed by atoms with Crippen molar-refractivity contribution in [2.75, 3.05) is 19.8 Å². The molecule has 0 radical (unpaired) electrons. The molecule has 0 aliphatic heterocycles. The molecule has 116 valence electrons. The molecule has 7 nitrogen and oxygen atoms in total. The lowest BCUT2D eigenvalue weighted by Gasteiger charge is -2.13. The molecule has 0 spiro atoms. The second-order valence-corrected chi connectivity index (χ2v) is 4.69. The minimum absolute atomic E-state index is 0.0356. The van der Waals surface area contributed by atoms with Crippen molar-refractivity contribution in [3.05, 3.63) is 42.1 Å². The molecule has 7 heteroatoms. The maximum atomic E-state index is 11.4. The van der Waals surface area contributed by atoms with E-state index in [1.54, 1.807) is 12.1 Å². The number of aliphatic hydroxyl groups is 2. The van der Waals surface area contributed by atoms with Crippen LogP contribution >= 0.6 is 0 Å². The van der Waals surface area contributed by atoms with Crippen molar-refractivity contribution in [3.63, 3.8) is 0 Å². The van der Waals surface area contributed by atoms with Crippen molar-refractivity contribution in [2.45, 2.75) is 0 Å². The number of primary amides is 1. The zero-order valence-electron chi connectivity index (χ0n) is 11.8. The monoisotopic (exact) mass is 303 g/mol. The molecule has 0 atom stereocenters. The Kier molecular flexibility index (Phi) is 5.40. The van der Waals surface area contributed by atoms with Gasteiger partial charge < -0.3 is 20.7 Å². The number of rotatable bonds is 7. The largest absolute Gasteiger partial charge is 0.477 e. The van der Waals surface area contributed by atoms with E-state index in [2.05, 4.69) is 9.97 Å². The van der Waals surface area contributed by atoms with Gasteiger partial charge in [-0.15, -0.1) is 0 Å². The van der Waals surface area contributed by atoms with Gasteiger partial charge >= 0.3 is 0 Å². The third kappa shape index (κ3) is 4.00. The first-order valence-electron chi connectivity index (χ1n) is 6.73. The number of benzene rings is 1. The van der Waals surface area contributed by atoms with Gasteiger partial charge in [0, 0.05) is 17.5 Å². The summed E-state index contributed by atoms with van der Waals surface area (Å²) in [6, 6.07) is 10.4. The van der Waals surface area contributed by atoms with E-state index < -0.39 is 11.8 Å². The van der Waals surface area contributed by atoms with E-state index >= 15 is 0 Å². The van der Waals surface area contributed by atoms with Gasteiger partial charge in [0.05, 0.1) is 19.8 Å². The van der Waals surface area contributed by atoms with E-state index in [4.69, 9.17) is 20.7 Å². The lowest BCUT2D eigenvalue weighted by Crippen LogP contribution is -2.21. The van der Waals surface area contributed by atoms with Crippen LogP contribution in [-0.2, 0) is 0 Å². The summed E-state index contributed by atoms with van der Waals surface area (Å²) in [6.45, 7) is -0.359. The molecule has 2 rings (SSSR count). The van der Waals surface area contributed by atoms with Gasteiger partial charge in [-0.3, -0.25) is 4.79 Å². The number of carbonyl (C=O) groups is 1. The van der Waals surface area contributed by atoms with Crippen molar-refractivity contribution in [2.24, 2.45) is 11.7 Å². The number of nitrogens with two attached hydrogens (primary N) is 1. The molecular formula is C15H17N3O4. The minimum Gasteiger partial charge on any atom is -0.477 e. The summed E-state index contributed by atoms with van der Waals surface area (Å²) in [4.78, 5) is 19.7. The van der Waals surface area contributed by atoms with Gasteiger partial charge in [0.1, 0.15) is 5.69 Å². The summed E-state index contributed by atoms with van der Waals surface area (Å²) in [7, 11) is 0. The van der Waals surface area contributed by atoms with E-state index in [1.165, 1.54) is 6.07 Å². The SMILES string of the molecule is NC(=O)c1cc(OCC(CO)CO)nc(-c2ccccc2)n1. The quantitative estimate of drug-likeness (QED) is 0.673. The average Bonchev–Trinajstić information content (AvgIpc) is 2.56. The van der Waals surface area contributed by atoms with Crippen LogP contribution in [0.15, 0.2) is 36.4 Å². The van der Waals surface area contributed by atoms with E-state index in [0.717, 1.165) is 5.56 Å². The predicted octanol–water partition coefficient (Wildman–Crippen LogP) is 0.222. The fourth-order valence-electron chi connectivity index (χ4n) is 1.71. The third-order valence-corrected chi connectivity index (χ3v) is 2.97. The number of ether oxygens (including phenoxy) is 1. The van der Waals surface area contributed by atoms with Gasteiger partial charge in [-0.2, -0.15) is 4.98 Å². The summed E-state index contributed by atoms with van der Waals surface area (Å²) < 4.78 is 5.42. The lowest BCUT2D eigenvalue weighted by molar-refractivity contribution is 0.0985. The number of aromatic nitrogens is 2. The molecule has 22 heavy (non-hydrogen) atoms. The molecule has 0 aliphatic carbocycles. The molecule has 0 bridgehead atoms. The molecule has 1 aromatic heterocycles. The second-order valence-electron chi connectivity index (χ2n) is 4.69. The Hall–Kier alpha value is -2.51. The van der Waals surface area contributed by atoms with Crippen LogP contribution in [0.4, 0.5) is 0 Å². The lowest BCUT2D eigenvalue weighted by atomic mass is 10.2. The number of carbonyl (C=O) groups excluding carboxylic acids is 1. The van der Waals surface area contributed by atoms with Crippen molar-refractivity contribution in [1.82, 2.24) is 9.97 Å². The first-order chi connectivity index (χ1) is 10.6. The molecule has 1 amide bonds. The molecule has 0 saturated heterocycles. The molecule has 0 fully saturated rings. The third-order valence-electron chi connectivity index (χ3n) is 2.97. The molecular weight excluding hydrogens is 286 g/mol. The number of aliphatic hydroxyl groups excluding tert-OH is 2. The Bertz CT molecular complexity index is 630. The van der Waals surface area contributed by atoms with Crippen LogP contribution in [0, 0.1) is 5.92 Å². The van der Waals surface area contributed by atoms with Crippen molar-refractivity contribution in [1.29, 1.82) is 0 Å². The number of nitrogens with zero attached hydrogens (tertiary/aromatic N) is 2. The molecule has 1 heterocycles. The molecule has 0 saturated carbocycles. The number of hydrogen-bond acceptors (Lipinski definition) is 6. The van der Waals surface area contributed by atoms with E-state index in [0.29, 0.717) is 5.82 Å². The van der Waals surface area contributed by atoms with Crippen LogP contribution in [0.3, 0.4) is 0 Å². The zero-order valence-corrected chi connectivity index (χ0v) is 11.8. The molecule has 0 aliphatic rings. The summed E-state index contributed by atoms with van der Waals surface area (Å²) in [5, 5.41) is 18.1. The van der Waals surface area contributed by atoms with Crippen molar-refractivity contribution < 1.29 is 19.7 Å². The Morgan fingerprint density at radius 2 is 1.86 bits per heavy atom. The van der Waals surface area contributed by atoms with Crippen LogP contribution in [0.1, 0.15) is 10.5 Å². The van der Waals surface area contributed by atoms with Gasteiger partial charge in [0.15, 0.2) is 5.82 Å². The van der Waals surface area contributed by atoms with E-state index in [1.807, 2.05) is 18.2 Å². The van der Waals surface area contributed by atoms with Crippen LogP contribution in [0.5, 0.6) is 5.88 Å². The molecule has 0 unspecified atom stereocenters. The first kappa shape index (κ1) is 15.9. The normalized spacial score (nSPS) is 10.7. The van der Waals surface area contributed by atoms with Crippen molar-refractivity contribution in [3.8, 4) is 17.3 Å². The number of hydrogen-bond donors (Lipinski definition) is 3. The second kappa shape index (κ2) is 7.48. The summed E-state index contributed by atoms with van der Waals surface area (Å²) in [5.41, 5.74) is 6.03. The Balaban J connectivity index is 2.30. The molecule has 1 aromatic carbocycles. The van der Waals surface area contributed by atoms with Crippen LogP contribution in [-0.4, -0.2) is 45.9 Å². The molecule has 4 N–H and O–H groups in total. The summed E-state index contributed by atoms with van der Waals surface area (Å²) in [6.07, 6.45) is 0. The predicted molar refractivity (Wildman–Crippen MR) is 79.1 cm³/mol. The van der Waals surface area contributed by atoms with Crippen LogP contribution in [0.25, 0.3) is 11.4 Å². The number of amides is 1. The van der Waals surface area contributed by atoms with Crippen LogP contribution < -0.4 is 10.5 Å². The van der Waals surface area contributed by atoms with E-state index in [-0.39, 0.29) is 31.4 Å². The maximum Gasteiger partial charge on any atom is 0.267 e. The van der Waals surface area contributed by atoms with Gasteiger partial charge in [0.25, 0.3) is 5.91 Å². The average molecular weight is 303 g/mol. The fraction of sp³-hybridized carbons (Fsp3) is 0.267. The van der Waals surface area contributed by atoms with Crippen molar-refractivity contribution >= 4 is 5.91 Å². The van der Waals surface area contributed by atoms with Gasteiger partial charge in [-0.25, -0.2) is 4.98 Å². The maximum absolute atomic E-state index is 11.4. The highest BCUT2D eigenvalue weighted by atomic mass is 16.5. The highest BCUT2D eigenvalue weighted by Gasteiger charge is 2.13. The summed E-state index contributed by atoms with van der Waals surface area (Å²) >= 11 is 0. The highest BCUT2D eigenvalue weighted by molar-refractivity contribution is 5.91.